The zero-order chi connectivity index (χ0) is 14.4. The Bertz CT molecular complexity index is 585. The Morgan fingerprint density at radius 3 is 2.70 bits per heavy atom. The van der Waals surface area contributed by atoms with Gasteiger partial charge in [0.25, 0.3) is 0 Å². The maximum Gasteiger partial charge on any atom is 0.225 e. The van der Waals surface area contributed by atoms with E-state index in [4.69, 9.17) is 16.3 Å². The van der Waals surface area contributed by atoms with Crippen LogP contribution in [0.4, 0.5) is 5.82 Å². The van der Waals surface area contributed by atoms with Crippen molar-refractivity contribution in [1.82, 2.24) is 4.98 Å². The minimum atomic E-state index is -0.110. The highest BCUT2D eigenvalue weighted by Crippen LogP contribution is 2.18. The van der Waals surface area contributed by atoms with Crippen LogP contribution in [0.25, 0.3) is 0 Å². The van der Waals surface area contributed by atoms with E-state index < -0.39 is 0 Å². The third-order valence-corrected chi connectivity index (χ3v) is 3.12. The number of amides is 1. The normalized spacial score (nSPS) is 10.1. The molecule has 0 fully saturated rings. The van der Waals surface area contributed by atoms with Crippen LogP contribution in [0.2, 0.25) is 5.02 Å². The van der Waals surface area contributed by atoms with Crippen LogP contribution < -0.4 is 10.1 Å². The van der Waals surface area contributed by atoms with E-state index in [1.165, 1.54) is 0 Å². The predicted octanol–water partition coefficient (Wildman–Crippen LogP) is 3.31. The number of anilines is 1. The van der Waals surface area contributed by atoms with Gasteiger partial charge in [-0.2, -0.15) is 0 Å². The molecule has 5 heteroatoms. The molecule has 1 aromatic carbocycles. The highest BCUT2D eigenvalue weighted by Gasteiger charge is 2.06. The molecule has 0 spiro atoms. The monoisotopic (exact) mass is 290 g/mol. The molecule has 0 atom stereocenters. The maximum absolute atomic E-state index is 11.8. The van der Waals surface area contributed by atoms with Gasteiger partial charge in [-0.15, -0.1) is 0 Å². The second kappa shape index (κ2) is 6.91. The summed E-state index contributed by atoms with van der Waals surface area (Å²) < 4.78 is 5.08. The second-order valence-corrected chi connectivity index (χ2v) is 4.64. The van der Waals surface area contributed by atoms with Crippen LogP contribution in [0.5, 0.6) is 5.75 Å². The Hall–Kier alpha value is -2.07. The molecular weight excluding hydrogens is 276 g/mol. The number of ether oxygens (including phenoxy) is 1. The molecule has 0 saturated heterocycles. The first-order valence-electron chi connectivity index (χ1n) is 6.22. The van der Waals surface area contributed by atoms with E-state index in [9.17, 15) is 4.79 Å². The van der Waals surface area contributed by atoms with Gasteiger partial charge in [0, 0.05) is 12.6 Å². The van der Waals surface area contributed by atoms with Crippen LogP contribution in [-0.2, 0) is 11.2 Å². The van der Waals surface area contributed by atoms with Crippen LogP contribution in [0, 0.1) is 0 Å². The first-order chi connectivity index (χ1) is 9.69. The van der Waals surface area contributed by atoms with Crippen LogP contribution in [0.1, 0.15) is 12.0 Å². The maximum atomic E-state index is 11.8. The number of nitrogens with one attached hydrogen (secondary N) is 1. The van der Waals surface area contributed by atoms with Crippen molar-refractivity contribution in [2.45, 2.75) is 12.8 Å². The summed E-state index contributed by atoms with van der Waals surface area (Å²) >= 11 is 5.93. The topological polar surface area (TPSA) is 51.2 Å². The third-order valence-electron chi connectivity index (χ3n) is 2.82. The molecule has 0 radical (unpaired) electrons. The average Bonchev–Trinajstić information content (AvgIpc) is 2.48. The summed E-state index contributed by atoms with van der Waals surface area (Å²) in [5.74, 6) is 1.09. The van der Waals surface area contributed by atoms with Crippen molar-refractivity contribution in [2.75, 3.05) is 12.4 Å². The molecule has 104 valence electrons. The lowest BCUT2D eigenvalue weighted by molar-refractivity contribution is -0.116. The van der Waals surface area contributed by atoms with Crippen molar-refractivity contribution < 1.29 is 9.53 Å². The van der Waals surface area contributed by atoms with Gasteiger partial charge in [0.15, 0.2) is 5.82 Å². The molecule has 0 aliphatic rings. The smallest absolute Gasteiger partial charge is 0.225 e. The van der Waals surface area contributed by atoms with Crippen molar-refractivity contribution in [3.8, 4) is 5.75 Å². The number of aromatic nitrogens is 1. The Balaban J connectivity index is 1.87. The van der Waals surface area contributed by atoms with Gasteiger partial charge in [0.1, 0.15) is 5.75 Å². The molecule has 2 aromatic rings. The summed E-state index contributed by atoms with van der Waals surface area (Å²) in [5, 5.41) is 3.13. The van der Waals surface area contributed by atoms with Gasteiger partial charge < -0.3 is 10.1 Å². The largest absolute Gasteiger partial charge is 0.497 e. The summed E-state index contributed by atoms with van der Waals surface area (Å²) in [5.41, 5.74) is 1.08. The van der Waals surface area contributed by atoms with E-state index in [0.717, 1.165) is 11.3 Å². The molecule has 1 N–H and O–H groups in total. The molecule has 0 unspecified atom stereocenters. The number of rotatable bonds is 5. The number of aryl methyl sites for hydroxylation is 1. The van der Waals surface area contributed by atoms with Crippen molar-refractivity contribution in [2.24, 2.45) is 0 Å². The Kier molecular flexibility index (Phi) is 4.96. The fraction of sp³-hybridized carbons (Fsp3) is 0.200. The average molecular weight is 291 g/mol. The van der Waals surface area contributed by atoms with Gasteiger partial charge in [-0.3, -0.25) is 4.79 Å². The third kappa shape index (κ3) is 3.96. The van der Waals surface area contributed by atoms with Gasteiger partial charge >= 0.3 is 0 Å². The number of pyridine rings is 1. The molecule has 2 rings (SSSR count). The zero-order valence-corrected chi connectivity index (χ0v) is 11.9. The molecular formula is C15H15ClN2O2. The quantitative estimate of drug-likeness (QED) is 0.919. The number of benzene rings is 1. The lowest BCUT2D eigenvalue weighted by Gasteiger charge is -2.06. The molecule has 0 saturated carbocycles. The van der Waals surface area contributed by atoms with Gasteiger partial charge in [-0.25, -0.2) is 4.98 Å². The zero-order valence-electron chi connectivity index (χ0n) is 11.1. The van der Waals surface area contributed by atoms with Crippen molar-refractivity contribution in [1.29, 1.82) is 0 Å². The summed E-state index contributed by atoms with van der Waals surface area (Å²) in [6.45, 7) is 0. The summed E-state index contributed by atoms with van der Waals surface area (Å²) in [6.07, 6.45) is 2.62. The number of carbonyl (C=O) groups is 1. The summed E-state index contributed by atoms with van der Waals surface area (Å²) in [6, 6.07) is 11.1. The number of hydrogen-bond donors (Lipinski definition) is 1. The molecule has 1 aromatic heterocycles. The SMILES string of the molecule is COc1ccc(CCC(=O)Nc2ncccc2Cl)cc1. The number of methoxy groups -OCH3 is 1. The molecule has 4 nitrogen and oxygen atoms in total. The summed E-state index contributed by atoms with van der Waals surface area (Å²) in [4.78, 5) is 15.8. The molecule has 0 aliphatic carbocycles. The lowest BCUT2D eigenvalue weighted by Crippen LogP contribution is -2.13. The summed E-state index contributed by atoms with van der Waals surface area (Å²) in [7, 11) is 1.62. The van der Waals surface area contributed by atoms with Gasteiger partial charge in [0.2, 0.25) is 5.91 Å². The minimum absolute atomic E-state index is 0.110. The van der Waals surface area contributed by atoms with E-state index in [1.807, 2.05) is 24.3 Å². The van der Waals surface area contributed by atoms with E-state index in [2.05, 4.69) is 10.3 Å². The Morgan fingerprint density at radius 2 is 2.05 bits per heavy atom. The lowest BCUT2D eigenvalue weighted by atomic mass is 10.1. The van der Waals surface area contributed by atoms with Crippen molar-refractivity contribution in [3.63, 3.8) is 0 Å². The number of hydrogen-bond acceptors (Lipinski definition) is 3. The highest BCUT2D eigenvalue weighted by atomic mass is 35.5. The Labute approximate surface area is 122 Å². The van der Waals surface area contributed by atoms with Crippen LogP contribution >= 0.6 is 11.6 Å². The number of carbonyl (C=O) groups excluding carboxylic acids is 1. The van der Waals surface area contributed by atoms with Gasteiger partial charge in [-0.1, -0.05) is 23.7 Å². The standard InChI is InChI=1S/C15H15ClN2O2/c1-20-12-7-4-11(5-8-12)6-9-14(19)18-15-13(16)3-2-10-17-15/h2-5,7-8,10H,6,9H2,1H3,(H,17,18,19). The molecule has 20 heavy (non-hydrogen) atoms. The molecule has 0 aliphatic heterocycles. The van der Waals surface area contributed by atoms with Gasteiger partial charge in [0.05, 0.1) is 12.1 Å². The second-order valence-electron chi connectivity index (χ2n) is 4.23. The first-order valence-corrected chi connectivity index (χ1v) is 6.60. The van der Waals surface area contributed by atoms with E-state index in [1.54, 1.807) is 25.4 Å². The highest BCUT2D eigenvalue weighted by molar-refractivity contribution is 6.33. The first kappa shape index (κ1) is 14.3. The fourth-order valence-corrected chi connectivity index (χ4v) is 1.89. The minimum Gasteiger partial charge on any atom is -0.497 e. The number of nitrogens with zero attached hydrogens (tertiary/aromatic N) is 1. The predicted molar refractivity (Wildman–Crippen MR) is 79.2 cm³/mol. The fourth-order valence-electron chi connectivity index (χ4n) is 1.72. The van der Waals surface area contributed by atoms with Crippen LogP contribution in [0.15, 0.2) is 42.6 Å². The Morgan fingerprint density at radius 1 is 1.30 bits per heavy atom. The number of halogens is 1. The van der Waals surface area contributed by atoms with E-state index in [-0.39, 0.29) is 5.91 Å². The van der Waals surface area contributed by atoms with Crippen molar-refractivity contribution in [3.05, 3.63) is 53.2 Å². The van der Waals surface area contributed by atoms with E-state index in [0.29, 0.717) is 23.7 Å². The molecule has 1 amide bonds. The molecule has 1 heterocycles. The van der Waals surface area contributed by atoms with E-state index >= 15 is 0 Å². The van der Waals surface area contributed by atoms with Crippen LogP contribution in [0.3, 0.4) is 0 Å². The molecule has 0 bridgehead atoms. The van der Waals surface area contributed by atoms with Crippen molar-refractivity contribution >= 4 is 23.3 Å². The van der Waals surface area contributed by atoms with Crippen LogP contribution in [-0.4, -0.2) is 18.0 Å². The van der Waals surface area contributed by atoms with Gasteiger partial charge in [-0.05, 0) is 36.2 Å².